The fourth-order valence-corrected chi connectivity index (χ4v) is 1.89. The lowest BCUT2D eigenvalue weighted by Crippen LogP contribution is -2.56. The molecule has 0 aromatic rings. The molecule has 1 fully saturated rings. The fourth-order valence-electron chi connectivity index (χ4n) is 1.89. The molecule has 0 radical (unpaired) electrons. The molecule has 0 saturated carbocycles. The van der Waals surface area contributed by atoms with Crippen LogP contribution < -0.4 is 0 Å². The number of rotatable bonds is 7. The molecule has 0 bridgehead atoms. The summed E-state index contributed by atoms with van der Waals surface area (Å²) in [7, 11) is 4.36. The topological polar surface area (TPSA) is 55.2 Å². The number of hydrogen-bond donors (Lipinski definition) is 0. The third-order valence-corrected chi connectivity index (χ3v) is 3.00. The molecule has 0 atom stereocenters. The van der Waals surface area contributed by atoms with E-state index in [1.807, 2.05) is 0 Å². The van der Waals surface area contributed by atoms with Crippen LogP contribution in [0.3, 0.4) is 0 Å². The van der Waals surface area contributed by atoms with Crippen LogP contribution in [0.25, 0.3) is 10.4 Å². The molecule has 0 aromatic heterocycles. The van der Waals surface area contributed by atoms with Crippen molar-refractivity contribution in [2.75, 3.05) is 40.3 Å². The second-order valence-electron chi connectivity index (χ2n) is 4.37. The maximum absolute atomic E-state index is 8.09. The highest BCUT2D eigenvalue weighted by molar-refractivity contribution is 4.84. The zero-order valence-corrected chi connectivity index (χ0v) is 9.76. The van der Waals surface area contributed by atoms with E-state index in [4.69, 9.17) is 5.53 Å². The molecule has 0 N–H and O–H groups in total. The summed E-state index contributed by atoms with van der Waals surface area (Å²) in [6.45, 7) is 4.21. The van der Waals surface area contributed by atoms with Crippen molar-refractivity contribution in [2.45, 2.75) is 25.3 Å². The summed E-state index contributed by atoms with van der Waals surface area (Å²) in [6.07, 6.45) is 3.38. The van der Waals surface area contributed by atoms with Crippen molar-refractivity contribution < 1.29 is 0 Å². The number of hydrogen-bond acceptors (Lipinski definition) is 3. The molecule has 1 rings (SSSR count). The lowest BCUT2D eigenvalue weighted by molar-refractivity contribution is 0.0695. The first-order chi connectivity index (χ1) is 7.24. The van der Waals surface area contributed by atoms with E-state index in [1.54, 1.807) is 0 Å². The molecule has 5 nitrogen and oxygen atoms in total. The van der Waals surface area contributed by atoms with Gasteiger partial charge in [-0.05, 0) is 39.0 Å². The van der Waals surface area contributed by atoms with Gasteiger partial charge in [-0.1, -0.05) is 11.5 Å². The van der Waals surface area contributed by atoms with E-state index in [0.717, 1.165) is 25.4 Å². The minimum atomic E-state index is 0.645. The van der Waals surface area contributed by atoms with Crippen LogP contribution in [0.2, 0.25) is 0 Å². The van der Waals surface area contributed by atoms with Crippen LogP contribution in [-0.2, 0) is 0 Å². The van der Waals surface area contributed by atoms with Gasteiger partial charge in [0.15, 0.2) is 0 Å². The molecule has 15 heavy (non-hydrogen) atoms. The van der Waals surface area contributed by atoms with Crippen LogP contribution in [0.15, 0.2) is 5.11 Å². The average molecular weight is 211 g/mol. The van der Waals surface area contributed by atoms with Crippen molar-refractivity contribution in [1.82, 2.24) is 9.80 Å². The smallest absolute Gasteiger partial charge is 0.0347 e. The summed E-state index contributed by atoms with van der Waals surface area (Å²) >= 11 is 0. The van der Waals surface area contributed by atoms with Gasteiger partial charge in [-0.3, -0.25) is 0 Å². The van der Waals surface area contributed by atoms with Crippen LogP contribution >= 0.6 is 0 Å². The van der Waals surface area contributed by atoms with Gasteiger partial charge in [-0.15, -0.1) is 0 Å². The zero-order chi connectivity index (χ0) is 11.1. The minimum Gasteiger partial charge on any atom is -0.303 e. The number of likely N-dealkylation sites (N-methyl/N-ethyl adjacent to an activating group) is 2. The van der Waals surface area contributed by atoms with Crippen molar-refractivity contribution in [3.8, 4) is 0 Å². The first-order valence-electron chi connectivity index (χ1n) is 5.63. The highest BCUT2D eigenvalue weighted by Crippen LogP contribution is 2.11. The Bertz CT molecular complexity index is 218. The molecule has 1 heterocycles. The molecule has 1 saturated heterocycles. The summed E-state index contributed by atoms with van der Waals surface area (Å²) < 4.78 is 0. The molecule has 0 aromatic carbocycles. The SMILES string of the molecule is CN1CC(N(C)CCCCCN=[N+]=[N-])C1. The summed E-state index contributed by atoms with van der Waals surface area (Å²) in [5, 5.41) is 3.52. The Labute approximate surface area is 91.7 Å². The van der Waals surface area contributed by atoms with Gasteiger partial charge in [-0.25, -0.2) is 0 Å². The van der Waals surface area contributed by atoms with Gasteiger partial charge in [0.05, 0.1) is 0 Å². The molecule has 1 aliphatic rings. The van der Waals surface area contributed by atoms with Crippen LogP contribution in [0, 0.1) is 0 Å². The van der Waals surface area contributed by atoms with E-state index < -0.39 is 0 Å². The highest BCUT2D eigenvalue weighted by atomic mass is 15.3. The van der Waals surface area contributed by atoms with E-state index in [9.17, 15) is 0 Å². The lowest BCUT2D eigenvalue weighted by Gasteiger charge is -2.42. The van der Waals surface area contributed by atoms with Crippen molar-refractivity contribution in [3.63, 3.8) is 0 Å². The van der Waals surface area contributed by atoms with Crippen LogP contribution in [0.1, 0.15) is 19.3 Å². The summed E-state index contributed by atoms with van der Waals surface area (Å²) in [5.74, 6) is 0. The second kappa shape index (κ2) is 6.67. The number of azide groups is 1. The Morgan fingerprint density at radius 2 is 2.13 bits per heavy atom. The maximum atomic E-state index is 8.09. The average Bonchev–Trinajstić information content (AvgIpc) is 2.18. The van der Waals surface area contributed by atoms with Crippen molar-refractivity contribution in [2.24, 2.45) is 5.11 Å². The monoisotopic (exact) mass is 211 g/mol. The van der Waals surface area contributed by atoms with E-state index in [1.165, 1.54) is 19.5 Å². The zero-order valence-electron chi connectivity index (χ0n) is 9.76. The van der Waals surface area contributed by atoms with Crippen LogP contribution in [0.5, 0.6) is 0 Å². The standard InChI is InChI=1S/C10H21N5/c1-14-8-10(9-14)15(2)7-5-3-4-6-12-13-11/h10H,3-9H2,1-2H3. The summed E-state index contributed by atoms with van der Waals surface area (Å²) in [5.41, 5.74) is 8.09. The predicted octanol–water partition coefficient (Wildman–Crippen LogP) is 1.71. The lowest BCUT2D eigenvalue weighted by atomic mass is 10.1. The van der Waals surface area contributed by atoms with Crippen molar-refractivity contribution in [1.29, 1.82) is 0 Å². The van der Waals surface area contributed by atoms with E-state index >= 15 is 0 Å². The Kier molecular flexibility index (Phi) is 5.47. The van der Waals surface area contributed by atoms with Crippen molar-refractivity contribution in [3.05, 3.63) is 10.4 Å². The van der Waals surface area contributed by atoms with Crippen LogP contribution in [0.4, 0.5) is 0 Å². The molecule has 5 heteroatoms. The second-order valence-corrected chi connectivity index (χ2v) is 4.37. The predicted molar refractivity (Wildman–Crippen MR) is 61.8 cm³/mol. The summed E-state index contributed by atoms with van der Waals surface area (Å²) in [4.78, 5) is 7.51. The quantitative estimate of drug-likeness (QED) is 0.278. The Morgan fingerprint density at radius 1 is 1.40 bits per heavy atom. The highest BCUT2D eigenvalue weighted by Gasteiger charge is 2.26. The molecule has 0 amide bonds. The van der Waals surface area contributed by atoms with Gasteiger partial charge >= 0.3 is 0 Å². The minimum absolute atomic E-state index is 0.645. The van der Waals surface area contributed by atoms with Gasteiger partial charge in [0.1, 0.15) is 0 Å². The normalized spacial score (nSPS) is 17.5. The Morgan fingerprint density at radius 3 is 2.73 bits per heavy atom. The van der Waals surface area contributed by atoms with Gasteiger partial charge in [-0.2, -0.15) is 0 Å². The third-order valence-electron chi connectivity index (χ3n) is 3.00. The fraction of sp³-hybridized carbons (Fsp3) is 1.00. The van der Waals surface area contributed by atoms with E-state index in [-0.39, 0.29) is 0 Å². The first kappa shape index (κ1) is 12.3. The van der Waals surface area contributed by atoms with Crippen molar-refractivity contribution >= 4 is 0 Å². The molecule has 0 spiro atoms. The van der Waals surface area contributed by atoms with Gasteiger partial charge in [0.25, 0.3) is 0 Å². The number of nitrogens with zero attached hydrogens (tertiary/aromatic N) is 5. The number of unbranched alkanes of at least 4 members (excludes halogenated alkanes) is 2. The van der Waals surface area contributed by atoms with Crippen LogP contribution in [-0.4, -0.2) is 56.1 Å². The maximum Gasteiger partial charge on any atom is 0.0347 e. The first-order valence-corrected chi connectivity index (χ1v) is 5.63. The molecular weight excluding hydrogens is 190 g/mol. The van der Waals surface area contributed by atoms with Gasteiger partial charge < -0.3 is 9.80 Å². The van der Waals surface area contributed by atoms with Gasteiger partial charge in [0.2, 0.25) is 0 Å². The molecule has 86 valence electrons. The van der Waals surface area contributed by atoms with Gasteiger partial charge in [0, 0.05) is 30.6 Å². The molecule has 0 aliphatic carbocycles. The Hall–Kier alpha value is -0.770. The molecule has 1 aliphatic heterocycles. The number of likely N-dealkylation sites (tertiary alicyclic amines) is 1. The Balaban J connectivity index is 1.93. The largest absolute Gasteiger partial charge is 0.303 e. The molecule has 0 unspecified atom stereocenters. The third kappa shape index (κ3) is 4.51. The molecular formula is C10H21N5. The summed E-state index contributed by atoms with van der Waals surface area (Å²) in [6, 6.07) is 0.757. The van der Waals surface area contributed by atoms with E-state index in [2.05, 4.69) is 33.9 Å². The van der Waals surface area contributed by atoms with E-state index in [0.29, 0.717) is 6.54 Å².